The predicted molar refractivity (Wildman–Crippen MR) is 114 cm³/mol. The van der Waals surface area contributed by atoms with Gasteiger partial charge in [0.15, 0.2) is 0 Å². The van der Waals surface area contributed by atoms with Gasteiger partial charge in [-0.05, 0) is 29.8 Å². The van der Waals surface area contributed by atoms with Crippen LogP contribution in [0.25, 0.3) is 22.2 Å². The maximum absolute atomic E-state index is 12.4. The van der Waals surface area contributed by atoms with Gasteiger partial charge in [-0.25, -0.2) is 4.79 Å². The smallest absolute Gasteiger partial charge is 0.323 e. The lowest BCUT2D eigenvalue weighted by molar-refractivity contribution is 0.262. The third-order valence-electron chi connectivity index (χ3n) is 4.50. The molecular weight excluding hydrogens is 368 g/mol. The minimum atomic E-state index is -0.359. The van der Waals surface area contributed by atoms with E-state index in [-0.39, 0.29) is 6.03 Å². The normalized spacial score (nSPS) is 10.6. The molecule has 0 atom stereocenters. The zero-order valence-electron chi connectivity index (χ0n) is 16.0. The van der Waals surface area contributed by atoms with Crippen LogP contribution in [0.4, 0.5) is 16.2 Å². The van der Waals surface area contributed by atoms with E-state index in [2.05, 4.69) is 20.6 Å². The molecule has 0 radical (unpaired) electrons. The number of pyridine rings is 1. The Morgan fingerprint density at radius 3 is 2.31 bits per heavy atom. The second kappa shape index (κ2) is 7.93. The molecule has 4 rings (SSSR count). The lowest BCUT2D eigenvalue weighted by Crippen LogP contribution is -2.19. The fourth-order valence-electron chi connectivity index (χ4n) is 3.08. The molecule has 7 heteroatoms. The van der Waals surface area contributed by atoms with Crippen molar-refractivity contribution in [3.8, 4) is 22.6 Å². The second-order valence-electron chi connectivity index (χ2n) is 6.36. The van der Waals surface area contributed by atoms with E-state index in [0.29, 0.717) is 22.9 Å². The molecule has 2 aromatic heterocycles. The van der Waals surface area contributed by atoms with E-state index >= 15 is 0 Å². The first kappa shape index (κ1) is 18.4. The summed E-state index contributed by atoms with van der Waals surface area (Å²) in [4.78, 5) is 20.0. The largest absolute Gasteiger partial charge is 0.497 e. The van der Waals surface area contributed by atoms with Gasteiger partial charge in [-0.2, -0.15) is 0 Å². The number of H-pyrrole nitrogens is 1. The highest BCUT2D eigenvalue weighted by atomic mass is 16.5. The Kier molecular flexibility index (Phi) is 5.03. The number of aromatic nitrogens is 2. The van der Waals surface area contributed by atoms with Crippen LogP contribution in [0.1, 0.15) is 0 Å². The van der Waals surface area contributed by atoms with Gasteiger partial charge in [0.2, 0.25) is 0 Å². The molecule has 29 heavy (non-hydrogen) atoms. The van der Waals surface area contributed by atoms with Crippen LogP contribution in [0.15, 0.2) is 67.0 Å². The predicted octanol–water partition coefficient (Wildman–Crippen LogP) is 4.89. The van der Waals surface area contributed by atoms with Gasteiger partial charge in [0.1, 0.15) is 11.5 Å². The third-order valence-corrected chi connectivity index (χ3v) is 4.50. The summed E-state index contributed by atoms with van der Waals surface area (Å²) in [6.07, 6.45) is 3.70. The highest BCUT2D eigenvalue weighted by molar-refractivity contribution is 6.00. The van der Waals surface area contributed by atoms with Crippen molar-refractivity contribution < 1.29 is 14.3 Å². The van der Waals surface area contributed by atoms with Crippen molar-refractivity contribution in [2.24, 2.45) is 0 Å². The summed E-state index contributed by atoms with van der Waals surface area (Å²) < 4.78 is 10.4. The summed E-state index contributed by atoms with van der Waals surface area (Å²) in [6, 6.07) is 16.3. The van der Waals surface area contributed by atoms with E-state index in [1.54, 1.807) is 38.6 Å². The summed E-state index contributed by atoms with van der Waals surface area (Å²) in [6.45, 7) is 0. The Balaban J connectivity index is 1.47. The molecule has 0 spiro atoms. The Hall–Kier alpha value is -4.00. The van der Waals surface area contributed by atoms with Crippen LogP contribution >= 0.6 is 0 Å². The Bertz CT molecular complexity index is 1130. The van der Waals surface area contributed by atoms with Gasteiger partial charge in [-0.1, -0.05) is 12.1 Å². The van der Waals surface area contributed by atoms with Gasteiger partial charge in [0, 0.05) is 47.5 Å². The second-order valence-corrected chi connectivity index (χ2v) is 6.36. The van der Waals surface area contributed by atoms with Crippen molar-refractivity contribution >= 4 is 28.4 Å². The highest BCUT2D eigenvalue weighted by Crippen LogP contribution is 2.28. The van der Waals surface area contributed by atoms with Crippen LogP contribution in [0.2, 0.25) is 0 Å². The number of rotatable bonds is 5. The fourth-order valence-corrected chi connectivity index (χ4v) is 3.08. The highest BCUT2D eigenvalue weighted by Gasteiger charge is 2.09. The quantitative estimate of drug-likeness (QED) is 0.454. The molecule has 4 aromatic rings. The van der Waals surface area contributed by atoms with Crippen molar-refractivity contribution in [3.05, 3.63) is 67.0 Å². The first-order valence-corrected chi connectivity index (χ1v) is 9.00. The minimum Gasteiger partial charge on any atom is -0.497 e. The number of anilines is 2. The number of benzene rings is 2. The first-order valence-electron chi connectivity index (χ1n) is 9.00. The zero-order chi connectivity index (χ0) is 20.2. The molecule has 2 amide bonds. The van der Waals surface area contributed by atoms with E-state index in [9.17, 15) is 4.79 Å². The average Bonchev–Trinajstić information content (AvgIpc) is 3.18. The summed E-state index contributed by atoms with van der Waals surface area (Å²) in [5, 5.41) is 5.60. The number of ether oxygens (including phenoxy) is 2. The molecule has 2 aromatic carbocycles. The molecule has 0 fully saturated rings. The van der Waals surface area contributed by atoms with Gasteiger partial charge in [0.25, 0.3) is 0 Å². The molecule has 7 nitrogen and oxygen atoms in total. The van der Waals surface area contributed by atoms with Crippen molar-refractivity contribution in [1.29, 1.82) is 0 Å². The molecule has 3 N–H and O–H groups in total. The molecular formula is C22H20N4O3. The topological polar surface area (TPSA) is 88.3 Å². The Morgan fingerprint density at radius 2 is 1.62 bits per heavy atom. The van der Waals surface area contributed by atoms with E-state index < -0.39 is 0 Å². The number of carbonyl (C=O) groups is 1. The number of nitrogens with one attached hydrogen (secondary N) is 3. The molecule has 146 valence electrons. The van der Waals surface area contributed by atoms with Crippen molar-refractivity contribution in [2.75, 3.05) is 24.9 Å². The van der Waals surface area contributed by atoms with Crippen LogP contribution in [0.3, 0.4) is 0 Å². The molecule has 0 saturated heterocycles. The zero-order valence-corrected chi connectivity index (χ0v) is 16.0. The third kappa shape index (κ3) is 3.98. The number of hydrogen-bond donors (Lipinski definition) is 3. The van der Waals surface area contributed by atoms with Gasteiger partial charge in [-0.15, -0.1) is 0 Å². The number of amides is 2. The number of hydrogen-bond acceptors (Lipinski definition) is 4. The van der Waals surface area contributed by atoms with Gasteiger partial charge >= 0.3 is 6.03 Å². The maximum Gasteiger partial charge on any atom is 0.323 e. The van der Waals surface area contributed by atoms with Crippen LogP contribution in [0.5, 0.6) is 11.5 Å². The molecule has 0 bridgehead atoms. The van der Waals surface area contributed by atoms with E-state index in [1.165, 1.54) is 0 Å². The fraction of sp³-hybridized carbons (Fsp3) is 0.0909. The molecule has 0 aliphatic heterocycles. The number of urea groups is 1. The summed E-state index contributed by atoms with van der Waals surface area (Å²) in [5.74, 6) is 1.19. The standard InChI is InChI=1S/C22H20N4O3/c1-28-17-10-16(11-18(12-17)29-2)26-22(27)25-15-7-5-14(6-8-15)19-13-24-20-4-3-9-23-21(19)20/h3-13,24H,1-2H3,(H2,25,26,27). The molecule has 0 saturated carbocycles. The first-order chi connectivity index (χ1) is 14.2. The van der Waals surface area contributed by atoms with E-state index in [4.69, 9.17) is 9.47 Å². The number of methoxy groups -OCH3 is 2. The van der Waals surface area contributed by atoms with Crippen LogP contribution in [-0.4, -0.2) is 30.2 Å². The SMILES string of the molecule is COc1cc(NC(=O)Nc2ccc(-c3c[nH]c4cccnc34)cc2)cc(OC)c1. The number of fused-ring (bicyclic) bond motifs is 1. The summed E-state index contributed by atoms with van der Waals surface area (Å²) in [5.41, 5.74) is 5.17. The Labute approximate surface area is 167 Å². The van der Waals surface area contributed by atoms with Crippen molar-refractivity contribution in [3.63, 3.8) is 0 Å². The molecule has 0 aliphatic carbocycles. The van der Waals surface area contributed by atoms with Crippen molar-refractivity contribution in [1.82, 2.24) is 9.97 Å². The van der Waals surface area contributed by atoms with Gasteiger partial charge in [0.05, 0.1) is 25.3 Å². The summed E-state index contributed by atoms with van der Waals surface area (Å²) in [7, 11) is 3.12. The lowest BCUT2D eigenvalue weighted by Gasteiger charge is -2.11. The number of carbonyl (C=O) groups excluding carboxylic acids is 1. The Morgan fingerprint density at radius 1 is 0.931 bits per heavy atom. The molecule has 0 aliphatic rings. The van der Waals surface area contributed by atoms with Crippen LogP contribution in [0, 0.1) is 0 Å². The number of aromatic amines is 1. The lowest BCUT2D eigenvalue weighted by atomic mass is 10.1. The van der Waals surface area contributed by atoms with Gasteiger partial charge < -0.3 is 25.1 Å². The van der Waals surface area contributed by atoms with E-state index in [0.717, 1.165) is 22.2 Å². The van der Waals surface area contributed by atoms with Crippen molar-refractivity contribution in [2.45, 2.75) is 0 Å². The van der Waals surface area contributed by atoms with Crippen LogP contribution < -0.4 is 20.1 Å². The van der Waals surface area contributed by atoms with E-state index in [1.807, 2.05) is 42.6 Å². The average molecular weight is 388 g/mol. The molecule has 0 unspecified atom stereocenters. The molecule has 2 heterocycles. The maximum atomic E-state index is 12.4. The monoisotopic (exact) mass is 388 g/mol. The number of nitrogens with zero attached hydrogens (tertiary/aromatic N) is 1. The summed E-state index contributed by atoms with van der Waals surface area (Å²) >= 11 is 0. The van der Waals surface area contributed by atoms with Crippen LogP contribution in [-0.2, 0) is 0 Å². The minimum absolute atomic E-state index is 0.359. The van der Waals surface area contributed by atoms with Gasteiger partial charge in [-0.3, -0.25) is 4.98 Å².